The molecule has 0 saturated carbocycles. The van der Waals surface area contributed by atoms with Crippen molar-refractivity contribution in [2.75, 3.05) is 6.61 Å². The summed E-state index contributed by atoms with van der Waals surface area (Å²) in [5.74, 6) is 0. The van der Waals surface area contributed by atoms with Crippen LogP contribution in [0.2, 0.25) is 0 Å². The van der Waals surface area contributed by atoms with E-state index >= 15 is 0 Å². The van der Waals surface area contributed by atoms with Crippen molar-refractivity contribution in [2.45, 2.75) is 20.1 Å². The van der Waals surface area contributed by atoms with Crippen molar-refractivity contribution in [3.63, 3.8) is 0 Å². The molecule has 3 heteroatoms. The van der Waals surface area contributed by atoms with Crippen LogP contribution < -0.4 is 0 Å². The van der Waals surface area contributed by atoms with Gasteiger partial charge in [-0.25, -0.2) is 0 Å². The molecule has 0 aromatic rings. The molecule has 0 aliphatic heterocycles. The molecule has 0 aliphatic rings. The summed E-state index contributed by atoms with van der Waals surface area (Å²) in [4.78, 5) is 0. The second kappa shape index (κ2) is 6.21. The monoisotopic (exact) mass is 126 g/mol. The summed E-state index contributed by atoms with van der Waals surface area (Å²) in [7, 11) is 0. The Kier molecular flexibility index (Phi) is 9.09. The molecule has 0 rings (SSSR count). The van der Waals surface area contributed by atoms with Gasteiger partial charge < -0.3 is 9.84 Å². The highest BCUT2D eigenvalue weighted by molar-refractivity contribution is 5.85. The Hall–Kier alpha value is 0.210. The number of hydrogen-bond donors (Lipinski definition) is 1. The Morgan fingerprint density at radius 1 is 1.71 bits per heavy atom. The summed E-state index contributed by atoms with van der Waals surface area (Å²) in [5, 5.41) is 8.33. The average molecular weight is 127 g/mol. The van der Waals surface area contributed by atoms with Crippen molar-refractivity contribution in [2.24, 2.45) is 0 Å². The average Bonchev–Trinajstić information content (AvgIpc) is 1.35. The lowest BCUT2D eigenvalue weighted by molar-refractivity contribution is -0.0800. The standard InChI is InChI=1S/C4H10O2.ClH/c1-3-6-4(2)5;/h4-5H,3H2,1-2H3;1H. The van der Waals surface area contributed by atoms with Gasteiger partial charge in [-0.15, -0.1) is 12.4 Å². The molecule has 2 nitrogen and oxygen atoms in total. The Balaban J connectivity index is 0. The van der Waals surface area contributed by atoms with Gasteiger partial charge in [0, 0.05) is 6.61 Å². The Bertz CT molecular complexity index is 30.9. The maximum Gasteiger partial charge on any atom is 0.151 e. The van der Waals surface area contributed by atoms with Gasteiger partial charge in [-0.3, -0.25) is 0 Å². The van der Waals surface area contributed by atoms with Crippen molar-refractivity contribution in [3.05, 3.63) is 0 Å². The topological polar surface area (TPSA) is 29.5 Å². The SMILES string of the molecule is CCOC(C)O.Cl. The molecule has 0 bridgehead atoms. The van der Waals surface area contributed by atoms with Gasteiger partial charge in [-0.05, 0) is 13.8 Å². The fourth-order valence-corrected chi connectivity index (χ4v) is 0.241. The zero-order valence-corrected chi connectivity index (χ0v) is 5.36. The van der Waals surface area contributed by atoms with Crippen molar-refractivity contribution >= 4 is 12.4 Å². The van der Waals surface area contributed by atoms with Crippen LogP contribution in [0.3, 0.4) is 0 Å². The molecule has 1 unspecified atom stereocenters. The van der Waals surface area contributed by atoms with E-state index in [0.717, 1.165) is 0 Å². The number of ether oxygens (including phenoxy) is 1. The van der Waals surface area contributed by atoms with Gasteiger partial charge in [0.25, 0.3) is 0 Å². The Morgan fingerprint density at radius 3 is 2.14 bits per heavy atom. The van der Waals surface area contributed by atoms with E-state index in [4.69, 9.17) is 5.11 Å². The van der Waals surface area contributed by atoms with E-state index in [1.165, 1.54) is 0 Å². The van der Waals surface area contributed by atoms with Crippen LogP contribution in [0.25, 0.3) is 0 Å². The molecule has 0 heterocycles. The summed E-state index contributed by atoms with van der Waals surface area (Å²) in [6.45, 7) is 4.01. The van der Waals surface area contributed by atoms with Gasteiger partial charge in [-0.2, -0.15) is 0 Å². The summed E-state index contributed by atoms with van der Waals surface area (Å²) >= 11 is 0. The van der Waals surface area contributed by atoms with E-state index in [1.807, 2.05) is 6.92 Å². The van der Waals surface area contributed by atoms with Gasteiger partial charge in [0.2, 0.25) is 0 Å². The maximum absolute atomic E-state index is 8.33. The van der Waals surface area contributed by atoms with Crippen molar-refractivity contribution < 1.29 is 9.84 Å². The minimum absolute atomic E-state index is 0. The van der Waals surface area contributed by atoms with Crippen LogP contribution in [0.4, 0.5) is 0 Å². The first-order valence-corrected chi connectivity index (χ1v) is 2.07. The van der Waals surface area contributed by atoms with Gasteiger partial charge in [0.1, 0.15) is 0 Å². The summed E-state index contributed by atoms with van der Waals surface area (Å²) in [5.41, 5.74) is 0. The van der Waals surface area contributed by atoms with Crippen LogP contribution in [0.5, 0.6) is 0 Å². The van der Waals surface area contributed by atoms with Gasteiger partial charge in [0.05, 0.1) is 0 Å². The lowest BCUT2D eigenvalue weighted by atomic mass is 10.7. The minimum Gasteiger partial charge on any atom is -0.368 e. The zero-order chi connectivity index (χ0) is 4.99. The van der Waals surface area contributed by atoms with Crippen LogP contribution in [0.1, 0.15) is 13.8 Å². The Labute approximate surface area is 49.9 Å². The molecule has 0 aliphatic carbocycles. The largest absolute Gasteiger partial charge is 0.368 e. The van der Waals surface area contributed by atoms with Crippen LogP contribution in [0.15, 0.2) is 0 Å². The first-order valence-electron chi connectivity index (χ1n) is 2.07. The third-order valence-electron chi connectivity index (χ3n) is 0.408. The van der Waals surface area contributed by atoms with E-state index in [-0.39, 0.29) is 12.4 Å². The molecule has 0 spiro atoms. The summed E-state index contributed by atoms with van der Waals surface area (Å²) in [6.07, 6.45) is -0.602. The van der Waals surface area contributed by atoms with Gasteiger partial charge in [0.15, 0.2) is 6.29 Å². The lowest BCUT2D eigenvalue weighted by Gasteiger charge is -1.99. The van der Waals surface area contributed by atoms with Crippen LogP contribution in [0, 0.1) is 0 Å². The molecule has 7 heavy (non-hydrogen) atoms. The molecule has 0 amide bonds. The van der Waals surface area contributed by atoms with E-state index in [9.17, 15) is 0 Å². The van der Waals surface area contributed by atoms with E-state index < -0.39 is 6.29 Å². The van der Waals surface area contributed by atoms with Crippen molar-refractivity contribution in [1.82, 2.24) is 0 Å². The smallest absolute Gasteiger partial charge is 0.151 e. The highest BCUT2D eigenvalue weighted by Crippen LogP contribution is 1.78. The van der Waals surface area contributed by atoms with Crippen LogP contribution in [-0.4, -0.2) is 18.0 Å². The number of halogens is 1. The third kappa shape index (κ3) is 10.7. The molecular weight excluding hydrogens is 115 g/mol. The van der Waals surface area contributed by atoms with Crippen LogP contribution in [-0.2, 0) is 4.74 Å². The van der Waals surface area contributed by atoms with Crippen molar-refractivity contribution in [3.8, 4) is 0 Å². The molecule has 0 radical (unpaired) electrons. The molecule has 1 atom stereocenters. The second-order valence-electron chi connectivity index (χ2n) is 1.05. The lowest BCUT2D eigenvalue weighted by Crippen LogP contribution is -2.04. The molecule has 0 fully saturated rings. The normalized spacial score (nSPS) is 12.4. The quantitative estimate of drug-likeness (QED) is 0.555. The highest BCUT2D eigenvalue weighted by atomic mass is 35.5. The summed E-state index contributed by atoms with van der Waals surface area (Å²) < 4.78 is 4.60. The molecule has 0 aromatic carbocycles. The first-order chi connectivity index (χ1) is 2.77. The fourth-order valence-electron chi connectivity index (χ4n) is 0.241. The third-order valence-corrected chi connectivity index (χ3v) is 0.408. The van der Waals surface area contributed by atoms with Gasteiger partial charge in [-0.1, -0.05) is 0 Å². The number of aliphatic hydroxyl groups excluding tert-OH is 1. The highest BCUT2D eigenvalue weighted by Gasteiger charge is 1.85. The predicted octanol–water partition coefficient (Wildman–Crippen LogP) is 0.783. The number of rotatable bonds is 2. The van der Waals surface area contributed by atoms with Crippen LogP contribution >= 0.6 is 12.4 Å². The van der Waals surface area contributed by atoms with E-state index in [1.54, 1.807) is 6.92 Å². The minimum atomic E-state index is -0.602. The van der Waals surface area contributed by atoms with E-state index in [0.29, 0.717) is 6.61 Å². The van der Waals surface area contributed by atoms with E-state index in [2.05, 4.69) is 4.74 Å². The first kappa shape index (κ1) is 10.2. The summed E-state index contributed by atoms with van der Waals surface area (Å²) in [6, 6.07) is 0. The molecule has 46 valence electrons. The fraction of sp³-hybridized carbons (Fsp3) is 1.00. The predicted molar refractivity (Wildman–Crippen MR) is 30.6 cm³/mol. The molecule has 0 saturated heterocycles. The zero-order valence-electron chi connectivity index (χ0n) is 4.55. The number of hydrogen-bond acceptors (Lipinski definition) is 2. The number of aliphatic hydroxyl groups is 1. The maximum atomic E-state index is 8.33. The van der Waals surface area contributed by atoms with Crippen molar-refractivity contribution in [1.29, 1.82) is 0 Å². The second-order valence-corrected chi connectivity index (χ2v) is 1.05. The van der Waals surface area contributed by atoms with Gasteiger partial charge >= 0.3 is 0 Å². The Morgan fingerprint density at radius 2 is 2.14 bits per heavy atom. The molecular formula is C4H11ClO2. The molecule has 1 N–H and O–H groups in total. The molecule has 0 aromatic heterocycles.